The van der Waals surface area contributed by atoms with Gasteiger partial charge < -0.3 is 38.3 Å². The van der Waals surface area contributed by atoms with Crippen LogP contribution in [0.3, 0.4) is 0 Å². The first-order valence-corrected chi connectivity index (χ1v) is 23.0. The molecule has 0 heterocycles. The van der Waals surface area contributed by atoms with Crippen molar-refractivity contribution in [2.24, 2.45) is 0 Å². The second-order valence-corrected chi connectivity index (χ2v) is 15.4. The van der Waals surface area contributed by atoms with Crippen molar-refractivity contribution >= 4 is 23.9 Å². The van der Waals surface area contributed by atoms with Crippen LogP contribution < -0.4 is 48.9 Å². The monoisotopic (exact) mass is 865 g/mol. The molecule has 0 aromatic heterocycles. The van der Waals surface area contributed by atoms with Crippen LogP contribution in [0.15, 0.2) is 50.1 Å². The van der Waals surface area contributed by atoms with Gasteiger partial charge in [0.05, 0.1) is 5.97 Å². The van der Waals surface area contributed by atoms with E-state index in [4.69, 9.17) is 28.4 Å². The maximum atomic E-state index is 12.6. The van der Waals surface area contributed by atoms with Gasteiger partial charge in [-0.2, -0.15) is 0 Å². The number of carboxylic acid groups (broad SMARTS) is 1. The molecule has 0 radical (unpaired) electrons. The molecule has 1 rings (SSSR count). The molecule has 3 atom stereocenters. The minimum absolute atomic E-state index is 0. The molecule has 0 aliphatic heterocycles. The van der Waals surface area contributed by atoms with Gasteiger partial charge in [0.2, 0.25) is 24.6 Å². The first-order valence-electron chi connectivity index (χ1n) is 23.0. The van der Waals surface area contributed by atoms with Crippen molar-refractivity contribution in [2.75, 3.05) is 0 Å². The summed E-state index contributed by atoms with van der Waals surface area (Å²) in [5.74, 6) is -4.19. The van der Waals surface area contributed by atoms with Gasteiger partial charge in [0.25, 0.3) is 0 Å². The average molecular weight is 865 g/mol. The van der Waals surface area contributed by atoms with Crippen LogP contribution in [0.4, 0.5) is 0 Å². The van der Waals surface area contributed by atoms with Crippen LogP contribution >= 0.6 is 0 Å². The molecule has 0 saturated heterocycles. The average Bonchev–Trinajstić information content (AvgIpc) is 3.23. The summed E-state index contributed by atoms with van der Waals surface area (Å²) in [6.07, 6.45) is 25.4. The summed E-state index contributed by atoms with van der Waals surface area (Å²) in [5, 5.41) is 12.5. The Kier molecular flexibility index (Phi) is 36.3. The first-order chi connectivity index (χ1) is 29.1. The van der Waals surface area contributed by atoms with Crippen molar-refractivity contribution in [3.63, 3.8) is 0 Å². The minimum Gasteiger partial charge on any atom is -0.545 e. The Morgan fingerprint density at radius 2 is 0.738 bits per heavy atom. The third kappa shape index (κ3) is 28.9. The smallest absolute Gasteiger partial charge is 0.545 e. The van der Waals surface area contributed by atoms with Gasteiger partial charge in [-0.1, -0.05) is 175 Å². The van der Waals surface area contributed by atoms with Crippen LogP contribution in [-0.4, -0.2) is 42.7 Å². The molecular formula is C49H77NaO11. The van der Waals surface area contributed by atoms with Crippen LogP contribution in [0.5, 0.6) is 17.2 Å². The Bertz CT molecular complexity index is 1310. The number of esters is 3. The van der Waals surface area contributed by atoms with Gasteiger partial charge in [0.1, 0.15) is 0 Å². The predicted molar refractivity (Wildman–Crippen MR) is 235 cm³/mol. The van der Waals surface area contributed by atoms with Crippen molar-refractivity contribution in [1.82, 2.24) is 0 Å². The third-order valence-electron chi connectivity index (χ3n) is 10.1. The van der Waals surface area contributed by atoms with Crippen molar-refractivity contribution < 1.29 is 82.3 Å². The van der Waals surface area contributed by atoms with E-state index in [0.29, 0.717) is 19.3 Å². The molecule has 1 aromatic carbocycles. The number of unbranched alkanes of at least 4 members (excludes halogenated alkanes) is 21. The number of carbonyl (C=O) groups is 4. The fourth-order valence-corrected chi connectivity index (χ4v) is 6.69. The summed E-state index contributed by atoms with van der Waals surface area (Å²) in [7, 11) is 0. The van der Waals surface area contributed by atoms with Gasteiger partial charge in [-0.25, -0.2) is 14.4 Å². The summed E-state index contributed by atoms with van der Waals surface area (Å²) < 4.78 is 35.9. The van der Waals surface area contributed by atoms with E-state index in [1.165, 1.54) is 69.9 Å². The van der Waals surface area contributed by atoms with Gasteiger partial charge in [-0.15, -0.1) is 0 Å². The Morgan fingerprint density at radius 1 is 0.475 bits per heavy atom. The van der Waals surface area contributed by atoms with Crippen molar-refractivity contribution in [2.45, 2.75) is 213 Å². The van der Waals surface area contributed by atoms with Gasteiger partial charge >= 0.3 is 47.5 Å². The number of aromatic carboxylic acids is 1. The summed E-state index contributed by atoms with van der Waals surface area (Å²) >= 11 is 0. The molecular weight excluding hydrogens is 788 g/mol. The third-order valence-corrected chi connectivity index (χ3v) is 10.1. The summed E-state index contributed by atoms with van der Waals surface area (Å²) in [5.41, 5.74) is -0.336. The molecule has 0 bridgehead atoms. The van der Waals surface area contributed by atoms with Gasteiger partial charge in [-0.05, 0) is 31.4 Å². The summed E-state index contributed by atoms with van der Waals surface area (Å²) in [6, 6.07) is 2.37. The number of ether oxygens (including phenoxy) is 6. The van der Waals surface area contributed by atoms with Gasteiger partial charge in [0.15, 0.2) is 11.5 Å². The molecule has 0 spiro atoms. The topological polar surface area (TPSA) is 147 Å². The summed E-state index contributed by atoms with van der Waals surface area (Å²) in [4.78, 5) is 50.2. The van der Waals surface area contributed by atoms with E-state index in [1.54, 1.807) is 0 Å². The zero-order chi connectivity index (χ0) is 44.2. The van der Waals surface area contributed by atoms with Crippen LogP contribution in [0.25, 0.3) is 0 Å². The normalized spacial score (nSPS) is 12.2. The van der Waals surface area contributed by atoms with E-state index in [2.05, 4.69) is 40.5 Å². The van der Waals surface area contributed by atoms with E-state index in [1.807, 2.05) is 0 Å². The standard InChI is InChI=1S/C49H78O11.Na/c1-7-13-16-19-22-25-28-31-34-45(57-42(50)10-4)55-40-37-39(49(53)54)38-41(56-46(58-43(51)11-5)35-32-29-26-23-20-17-14-8-2)48(40)60-47(59-44(52)12-6)36-33-30-27-24-21-18-15-9-3;/h10-12,37-38,45-47H,4-9,13-36H2,1-3H3,(H,53,54);/q;+1/p-1. The van der Waals surface area contributed by atoms with Crippen molar-refractivity contribution in [3.05, 3.63) is 55.7 Å². The van der Waals surface area contributed by atoms with Crippen molar-refractivity contribution in [3.8, 4) is 17.2 Å². The fourth-order valence-electron chi connectivity index (χ4n) is 6.69. The number of hydrogen-bond donors (Lipinski definition) is 0. The zero-order valence-corrected chi connectivity index (χ0v) is 40.3. The second-order valence-electron chi connectivity index (χ2n) is 15.4. The first kappa shape index (κ1) is 57.7. The van der Waals surface area contributed by atoms with Crippen LogP contribution in [0.2, 0.25) is 0 Å². The molecule has 3 unspecified atom stereocenters. The Labute approximate surface area is 390 Å². The van der Waals surface area contributed by atoms with Gasteiger partial charge in [0, 0.05) is 43.1 Å². The van der Waals surface area contributed by atoms with Crippen LogP contribution in [-0.2, 0) is 28.6 Å². The van der Waals surface area contributed by atoms with E-state index in [-0.39, 0.29) is 71.6 Å². The number of carbonyl (C=O) groups excluding carboxylic acids is 4. The number of hydrogen-bond acceptors (Lipinski definition) is 11. The molecule has 340 valence electrons. The molecule has 0 amide bonds. The molecule has 1 aromatic rings. The molecule has 61 heavy (non-hydrogen) atoms. The molecule has 0 aliphatic carbocycles. The molecule has 0 aliphatic rings. The van der Waals surface area contributed by atoms with Gasteiger partial charge in [-0.3, -0.25) is 0 Å². The SMILES string of the molecule is C=CC(=O)OC(CCCCCCCCCC)Oc1cc(C(=O)[O-])cc(OC(CCCCCCCCCC)OC(=O)C=C)c1OC(CCCCCCCCCC)OC(=O)C=C.[Na+]. The molecule has 0 saturated carbocycles. The predicted octanol–water partition coefficient (Wildman–Crippen LogP) is 8.95. The minimum atomic E-state index is -1.55. The maximum Gasteiger partial charge on any atom is 1.00 e. The second kappa shape index (κ2) is 38.4. The molecule has 0 fully saturated rings. The maximum absolute atomic E-state index is 12.6. The van der Waals surface area contributed by atoms with Crippen LogP contribution in [0, 0.1) is 0 Å². The zero-order valence-electron chi connectivity index (χ0n) is 38.3. The van der Waals surface area contributed by atoms with E-state index < -0.39 is 42.7 Å². The van der Waals surface area contributed by atoms with Crippen LogP contribution in [0.1, 0.15) is 204 Å². The fraction of sp³-hybridized carbons (Fsp3) is 0.673. The molecule has 12 heteroatoms. The molecule has 11 nitrogen and oxygen atoms in total. The van der Waals surface area contributed by atoms with E-state index >= 15 is 0 Å². The number of rotatable bonds is 40. The Hall–Kier alpha value is -3.28. The molecule has 0 N–H and O–H groups in total. The quantitative estimate of drug-likeness (QED) is 0.0156. The number of benzene rings is 1. The van der Waals surface area contributed by atoms with Crippen molar-refractivity contribution in [1.29, 1.82) is 0 Å². The number of carboxylic acids is 1. The Balaban J connectivity index is 0.0000360. The van der Waals surface area contributed by atoms with E-state index in [9.17, 15) is 24.3 Å². The summed E-state index contributed by atoms with van der Waals surface area (Å²) in [6.45, 7) is 17.1. The Morgan fingerprint density at radius 3 is 1.00 bits per heavy atom. The largest absolute Gasteiger partial charge is 1.00 e. The van der Waals surface area contributed by atoms with E-state index in [0.717, 1.165) is 95.3 Å².